The Balaban J connectivity index is 1.67. The van der Waals surface area contributed by atoms with Crippen molar-refractivity contribution in [2.75, 3.05) is 26.2 Å². The standard InChI is InChI=1S/C17H20N4O3/c1-12-11-14(24-19-12)17(23)21-9-7-20(8-10-21)15(16(18)22)13-5-3-2-4-6-13/h2-6,11,15H,7-10H2,1H3,(H2,18,22). The summed E-state index contributed by atoms with van der Waals surface area (Å²) in [5, 5.41) is 3.74. The lowest BCUT2D eigenvalue weighted by Gasteiger charge is -2.37. The number of piperazine rings is 1. The van der Waals surface area contributed by atoms with E-state index >= 15 is 0 Å². The number of benzene rings is 1. The summed E-state index contributed by atoms with van der Waals surface area (Å²) in [5.74, 6) is -0.312. The maximum Gasteiger partial charge on any atom is 0.292 e. The van der Waals surface area contributed by atoms with Crippen molar-refractivity contribution >= 4 is 11.8 Å². The molecule has 7 heteroatoms. The number of carbonyl (C=O) groups excluding carboxylic acids is 2. The number of aryl methyl sites for hydroxylation is 1. The van der Waals surface area contributed by atoms with Crippen LogP contribution in [-0.4, -0.2) is 52.9 Å². The lowest BCUT2D eigenvalue weighted by molar-refractivity contribution is -0.124. The lowest BCUT2D eigenvalue weighted by atomic mass is 10.0. The van der Waals surface area contributed by atoms with E-state index in [0.717, 1.165) is 5.56 Å². The van der Waals surface area contributed by atoms with Gasteiger partial charge in [0.15, 0.2) is 0 Å². The van der Waals surface area contributed by atoms with E-state index in [9.17, 15) is 9.59 Å². The molecule has 1 aromatic carbocycles. The first-order valence-electron chi connectivity index (χ1n) is 7.87. The fourth-order valence-electron chi connectivity index (χ4n) is 2.99. The molecule has 126 valence electrons. The van der Waals surface area contributed by atoms with E-state index in [1.54, 1.807) is 17.9 Å². The van der Waals surface area contributed by atoms with Crippen LogP contribution in [0.15, 0.2) is 40.9 Å². The summed E-state index contributed by atoms with van der Waals surface area (Å²) < 4.78 is 5.03. The number of hydrogen-bond donors (Lipinski definition) is 1. The molecule has 2 heterocycles. The van der Waals surface area contributed by atoms with Gasteiger partial charge < -0.3 is 15.2 Å². The van der Waals surface area contributed by atoms with Crippen LogP contribution in [0.3, 0.4) is 0 Å². The van der Waals surface area contributed by atoms with Gasteiger partial charge in [0.2, 0.25) is 11.7 Å². The number of primary amides is 1. The fourth-order valence-corrected chi connectivity index (χ4v) is 2.99. The Morgan fingerprint density at radius 1 is 1.17 bits per heavy atom. The highest BCUT2D eigenvalue weighted by Gasteiger charge is 2.31. The number of carbonyl (C=O) groups is 2. The van der Waals surface area contributed by atoms with Crippen LogP contribution in [0.5, 0.6) is 0 Å². The second-order valence-electron chi connectivity index (χ2n) is 5.88. The van der Waals surface area contributed by atoms with Crippen molar-refractivity contribution in [3.05, 3.63) is 53.4 Å². The summed E-state index contributed by atoms with van der Waals surface area (Å²) >= 11 is 0. The highest BCUT2D eigenvalue weighted by Crippen LogP contribution is 2.22. The van der Waals surface area contributed by atoms with E-state index in [4.69, 9.17) is 10.3 Å². The van der Waals surface area contributed by atoms with Crippen LogP contribution in [0, 0.1) is 6.92 Å². The van der Waals surface area contributed by atoms with Crippen molar-refractivity contribution < 1.29 is 14.1 Å². The van der Waals surface area contributed by atoms with E-state index in [0.29, 0.717) is 31.9 Å². The predicted molar refractivity (Wildman–Crippen MR) is 87.1 cm³/mol. The average Bonchev–Trinajstić information content (AvgIpc) is 3.02. The van der Waals surface area contributed by atoms with Crippen molar-refractivity contribution in [3.63, 3.8) is 0 Å². The molecule has 24 heavy (non-hydrogen) atoms. The molecule has 2 amide bonds. The van der Waals surface area contributed by atoms with E-state index in [-0.39, 0.29) is 17.6 Å². The van der Waals surface area contributed by atoms with E-state index in [1.807, 2.05) is 35.2 Å². The first-order valence-corrected chi connectivity index (χ1v) is 7.87. The normalized spacial score (nSPS) is 16.8. The Morgan fingerprint density at radius 3 is 2.38 bits per heavy atom. The molecule has 1 saturated heterocycles. The zero-order valence-electron chi connectivity index (χ0n) is 13.5. The molecule has 1 atom stereocenters. The van der Waals surface area contributed by atoms with Crippen molar-refractivity contribution in [3.8, 4) is 0 Å². The van der Waals surface area contributed by atoms with Crippen LogP contribution in [0.25, 0.3) is 0 Å². The molecule has 1 fully saturated rings. The van der Waals surface area contributed by atoms with E-state index in [2.05, 4.69) is 5.16 Å². The van der Waals surface area contributed by atoms with Crippen molar-refractivity contribution in [1.82, 2.24) is 15.0 Å². The van der Waals surface area contributed by atoms with Crippen LogP contribution in [0.1, 0.15) is 27.9 Å². The molecule has 0 aliphatic carbocycles. The molecular formula is C17H20N4O3. The Hall–Kier alpha value is -2.67. The van der Waals surface area contributed by atoms with E-state index in [1.165, 1.54) is 0 Å². The summed E-state index contributed by atoms with van der Waals surface area (Å²) in [6, 6.07) is 10.6. The molecule has 2 aromatic rings. The summed E-state index contributed by atoms with van der Waals surface area (Å²) in [4.78, 5) is 28.0. The molecule has 1 aliphatic heterocycles. The number of aromatic nitrogens is 1. The third kappa shape index (κ3) is 3.30. The smallest absolute Gasteiger partial charge is 0.292 e. The SMILES string of the molecule is Cc1cc(C(=O)N2CCN(C(C(N)=O)c3ccccc3)CC2)on1. The first-order chi connectivity index (χ1) is 11.6. The summed E-state index contributed by atoms with van der Waals surface area (Å²) in [5.41, 5.74) is 7.15. The van der Waals surface area contributed by atoms with Gasteiger partial charge in [-0.2, -0.15) is 0 Å². The zero-order chi connectivity index (χ0) is 17.1. The number of amides is 2. The van der Waals surface area contributed by atoms with Gasteiger partial charge >= 0.3 is 0 Å². The molecule has 1 unspecified atom stereocenters. The number of nitrogens with zero attached hydrogens (tertiary/aromatic N) is 3. The number of rotatable bonds is 4. The van der Waals surface area contributed by atoms with Gasteiger partial charge in [-0.1, -0.05) is 35.5 Å². The maximum atomic E-state index is 12.4. The first kappa shape index (κ1) is 16.2. The molecule has 3 rings (SSSR count). The number of nitrogens with two attached hydrogens (primary N) is 1. The summed E-state index contributed by atoms with van der Waals surface area (Å²) in [7, 11) is 0. The fraction of sp³-hybridized carbons (Fsp3) is 0.353. The Kier molecular flexibility index (Phi) is 4.61. The van der Waals surface area contributed by atoms with Gasteiger partial charge in [0.25, 0.3) is 5.91 Å². The monoisotopic (exact) mass is 328 g/mol. The molecule has 0 bridgehead atoms. The predicted octanol–water partition coefficient (Wildman–Crippen LogP) is 0.967. The van der Waals surface area contributed by atoms with Crippen LogP contribution in [0.2, 0.25) is 0 Å². The molecule has 0 radical (unpaired) electrons. The topological polar surface area (TPSA) is 92.7 Å². The third-order valence-electron chi connectivity index (χ3n) is 4.19. The second kappa shape index (κ2) is 6.84. The molecule has 0 saturated carbocycles. The molecule has 7 nitrogen and oxygen atoms in total. The molecular weight excluding hydrogens is 308 g/mol. The zero-order valence-corrected chi connectivity index (χ0v) is 13.5. The minimum atomic E-state index is -0.476. The van der Waals surface area contributed by atoms with Gasteiger partial charge in [-0.05, 0) is 12.5 Å². The minimum Gasteiger partial charge on any atom is -0.368 e. The highest BCUT2D eigenvalue weighted by atomic mass is 16.5. The molecule has 1 aliphatic rings. The van der Waals surface area contributed by atoms with Gasteiger partial charge in [0, 0.05) is 32.2 Å². The Labute approximate surface area is 140 Å². The largest absolute Gasteiger partial charge is 0.368 e. The van der Waals surface area contributed by atoms with Crippen LogP contribution in [-0.2, 0) is 4.79 Å². The summed E-state index contributed by atoms with van der Waals surface area (Å²) in [6.45, 7) is 3.93. The maximum absolute atomic E-state index is 12.4. The third-order valence-corrected chi connectivity index (χ3v) is 4.19. The van der Waals surface area contributed by atoms with Gasteiger partial charge in [-0.15, -0.1) is 0 Å². The van der Waals surface area contributed by atoms with Crippen molar-refractivity contribution in [2.45, 2.75) is 13.0 Å². The van der Waals surface area contributed by atoms with Gasteiger partial charge in [0.05, 0.1) is 5.69 Å². The highest BCUT2D eigenvalue weighted by molar-refractivity contribution is 5.91. The molecule has 2 N–H and O–H groups in total. The van der Waals surface area contributed by atoms with Gasteiger partial charge in [-0.3, -0.25) is 14.5 Å². The summed E-state index contributed by atoms with van der Waals surface area (Å²) in [6.07, 6.45) is 0. The quantitative estimate of drug-likeness (QED) is 0.902. The number of hydrogen-bond acceptors (Lipinski definition) is 5. The van der Waals surface area contributed by atoms with Crippen molar-refractivity contribution in [1.29, 1.82) is 0 Å². The Morgan fingerprint density at radius 2 is 1.83 bits per heavy atom. The second-order valence-corrected chi connectivity index (χ2v) is 5.88. The average molecular weight is 328 g/mol. The molecule has 1 aromatic heterocycles. The molecule has 0 spiro atoms. The van der Waals surface area contributed by atoms with Crippen LogP contribution >= 0.6 is 0 Å². The Bertz CT molecular complexity index is 720. The van der Waals surface area contributed by atoms with Crippen LogP contribution in [0.4, 0.5) is 0 Å². The van der Waals surface area contributed by atoms with Gasteiger partial charge in [0.1, 0.15) is 6.04 Å². The lowest BCUT2D eigenvalue weighted by Crippen LogP contribution is -2.51. The minimum absolute atomic E-state index is 0.175. The van der Waals surface area contributed by atoms with E-state index < -0.39 is 6.04 Å². The van der Waals surface area contributed by atoms with Crippen molar-refractivity contribution in [2.24, 2.45) is 5.73 Å². The van der Waals surface area contributed by atoms with Crippen LogP contribution < -0.4 is 5.73 Å². The van der Waals surface area contributed by atoms with Gasteiger partial charge in [-0.25, -0.2) is 0 Å².